The highest BCUT2D eigenvalue weighted by molar-refractivity contribution is 5.91. The third-order valence-electron chi connectivity index (χ3n) is 8.47. The molecule has 1 aromatic rings. The SMILES string of the molecule is Cc1ccc(/C=C/C(=O)N2CCC(C(O)CN3CCC4(C=CC5=C4CCC=C5)CC3)CC2)cc1. The van der Waals surface area contributed by atoms with Gasteiger partial charge in [-0.2, -0.15) is 0 Å². The Morgan fingerprint density at radius 3 is 2.59 bits per heavy atom. The lowest BCUT2D eigenvalue weighted by atomic mass is 9.71. The minimum atomic E-state index is -0.305. The standard InChI is InChI=1S/C30H38N2O2/c1-23-6-8-24(9-7-23)10-11-29(34)32-18-13-26(14-19-32)28(33)22-31-20-16-30(17-21-31)15-12-25-4-2-3-5-27(25)30/h2,4,6-12,15,26,28,33H,3,5,13-14,16-22H2,1H3/b11-10+. The van der Waals surface area contributed by atoms with Gasteiger partial charge in [0.2, 0.25) is 5.91 Å². The second-order valence-corrected chi connectivity index (χ2v) is 10.6. The first-order valence-electron chi connectivity index (χ1n) is 13.1. The van der Waals surface area contributed by atoms with E-state index in [1.807, 2.05) is 23.1 Å². The predicted molar refractivity (Wildman–Crippen MR) is 138 cm³/mol. The fourth-order valence-corrected chi connectivity index (χ4v) is 6.20. The molecule has 4 aliphatic rings. The first kappa shape index (κ1) is 23.3. The van der Waals surface area contributed by atoms with Gasteiger partial charge in [-0.25, -0.2) is 0 Å². The number of carbonyl (C=O) groups excluding carboxylic acids is 1. The van der Waals surface area contributed by atoms with Crippen LogP contribution in [-0.4, -0.2) is 59.6 Å². The van der Waals surface area contributed by atoms with Gasteiger partial charge in [0.25, 0.3) is 0 Å². The van der Waals surface area contributed by atoms with Gasteiger partial charge in [-0.15, -0.1) is 0 Å². The van der Waals surface area contributed by atoms with Crippen LogP contribution in [-0.2, 0) is 4.79 Å². The van der Waals surface area contributed by atoms with Crippen molar-refractivity contribution in [3.05, 3.63) is 76.9 Å². The van der Waals surface area contributed by atoms with Crippen molar-refractivity contribution in [2.24, 2.45) is 11.3 Å². The van der Waals surface area contributed by atoms with E-state index in [-0.39, 0.29) is 23.3 Å². The number of hydrogen-bond acceptors (Lipinski definition) is 3. The van der Waals surface area contributed by atoms with Gasteiger partial charge in [0.1, 0.15) is 0 Å². The summed E-state index contributed by atoms with van der Waals surface area (Å²) in [6.07, 6.45) is 19.2. The van der Waals surface area contributed by atoms with Crippen molar-refractivity contribution in [2.45, 2.75) is 51.6 Å². The van der Waals surface area contributed by atoms with Gasteiger partial charge in [0.15, 0.2) is 0 Å². The molecule has 0 bridgehead atoms. The molecule has 2 saturated heterocycles. The summed E-state index contributed by atoms with van der Waals surface area (Å²) in [7, 11) is 0. The van der Waals surface area contributed by atoms with E-state index in [4.69, 9.17) is 0 Å². The van der Waals surface area contributed by atoms with Gasteiger partial charge in [-0.1, -0.05) is 59.7 Å². The number of aliphatic hydroxyl groups is 1. The summed E-state index contributed by atoms with van der Waals surface area (Å²) in [4.78, 5) is 17.0. The largest absolute Gasteiger partial charge is 0.392 e. The number of hydrogen-bond donors (Lipinski definition) is 1. The molecule has 0 radical (unpaired) electrons. The summed E-state index contributed by atoms with van der Waals surface area (Å²) >= 11 is 0. The Balaban J connectivity index is 1.07. The first-order chi connectivity index (χ1) is 16.5. The molecule has 0 aromatic heterocycles. The van der Waals surface area contributed by atoms with Crippen molar-refractivity contribution >= 4 is 12.0 Å². The van der Waals surface area contributed by atoms with Crippen LogP contribution in [0.4, 0.5) is 0 Å². The lowest BCUT2D eigenvalue weighted by Crippen LogP contribution is -2.47. The number of aliphatic hydroxyl groups excluding tert-OH is 1. The van der Waals surface area contributed by atoms with E-state index in [0.717, 1.165) is 51.1 Å². The average Bonchev–Trinajstić information content (AvgIpc) is 3.23. The highest BCUT2D eigenvalue weighted by atomic mass is 16.3. The lowest BCUT2D eigenvalue weighted by Gasteiger charge is -2.42. The molecule has 4 nitrogen and oxygen atoms in total. The van der Waals surface area contributed by atoms with E-state index in [1.165, 1.54) is 36.8 Å². The van der Waals surface area contributed by atoms with E-state index in [9.17, 15) is 9.90 Å². The maximum atomic E-state index is 12.6. The van der Waals surface area contributed by atoms with Gasteiger partial charge in [-0.05, 0) is 81.7 Å². The maximum Gasteiger partial charge on any atom is 0.246 e. The van der Waals surface area contributed by atoms with Crippen LogP contribution < -0.4 is 0 Å². The molecule has 2 fully saturated rings. The van der Waals surface area contributed by atoms with Gasteiger partial charge >= 0.3 is 0 Å². The Bertz CT molecular complexity index is 1000. The third-order valence-corrected chi connectivity index (χ3v) is 8.47. The number of piperidine rings is 2. The third kappa shape index (κ3) is 4.99. The van der Waals surface area contributed by atoms with E-state index in [2.05, 4.69) is 48.3 Å². The summed E-state index contributed by atoms with van der Waals surface area (Å²) in [5, 5.41) is 11.0. The van der Waals surface area contributed by atoms with Crippen LogP contribution in [0.5, 0.6) is 0 Å². The van der Waals surface area contributed by atoms with Gasteiger partial charge in [0.05, 0.1) is 6.10 Å². The number of fused-ring (bicyclic) bond motifs is 1. The Morgan fingerprint density at radius 1 is 1.12 bits per heavy atom. The lowest BCUT2D eigenvalue weighted by molar-refractivity contribution is -0.128. The number of rotatable bonds is 5. The highest BCUT2D eigenvalue weighted by Crippen LogP contribution is 2.49. The van der Waals surface area contributed by atoms with Crippen LogP contribution in [0.1, 0.15) is 49.7 Å². The van der Waals surface area contributed by atoms with Crippen LogP contribution >= 0.6 is 0 Å². The van der Waals surface area contributed by atoms with E-state index < -0.39 is 0 Å². The first-order valence-corrected chi connectivity index (χ1v) is 13.1. The van der Waals surface area contributed by atoms with Gasteiger partial charge < -0.3 is 14.9 Å². The van der Waals surface area contributed by atoms with Crippen LogP contribution in [0.2, 0.25) is 0 Å². The van der Waals surface area contributed by atoms with Crippen molar-refractivity contribution in [1.82, 2.24) is 9.80 Å². The monoisotopic (exact) mass is 458 g/mol. The quantitative estimate of drug-likeness (QED) is 0.638. The molecule has 5 rings (SSSR count). The molecule has 1 N–H and O–H groups in total. The van der Waals surface area contributed by atoms with Crippen LogP contribution in [0.15, 0.2) is 65.8 Å². The number of carbonyl (C=O) groups is 1. The zero-order valence-electron chi connectivity index (χ0n) is 20.5. The number of nitrogens with zero attached hydrogens (tertiary/aromatic N) is 2. The zero-order valence-corrected chi connectivity index (χ0v) is 20.5. The molecule has 1 unspecified atom stereocenters. The Kier molecular flexibility index (Phi) is 6.89. The molecule has 1 spiro atoms. The fraction of sp³-hybridized carbons (Fsp3) is 0.500. The number of aryl methyl sites for hydroxylation is 1. The molecule has 0 saturated carbocycles. The topological polar surface area (TPSA) is 43.8 Å². The van der Waals surface area contributed by atoms with Crippen LogP contribution in [0.3, 0.4) is 0 Å². The highest BCUT2D eigenvalue weighted by Gasteiger charge is 2.40. The molecular formula is C30H38N2O2. The smallest absolute Gasteiger partial charge is 0.246 e. The van der Waals surface area contributed by atoms with Crippen molar-refractivity contribution < 1.29 is 9.90 Å². The molecular weight excluding hydrogens is 420 g/mol. The number of amides is 1. The Labute approximate surface area is 204 Å². The molecule has 1 amide bonds. The number of β-amino-alcohol motifs (C(OH)–C–C–N with tert-alkyl or cyclic N) is 1. The summed E-state index contributed by atoms with van der Waals surface area (Å²) in [6, 6.07) is 8.20. The minimum Gasteiger partial charge on any atom is -0.392 e. The van der Waals surface area contributed by atoms with Crippen molar-refractivity contribution in [2.75, 3.05) is 32.7 Å². The Hall–Kier alpha value is -2.43. The normalized spacial score (nSPS) is 23.8. The van der Waals surface area contributed by atoms with Gasteiger partial charge in [-0.3, -0.25) is 4.79 Å². The van der Waals surface area contributed by atoms with E-state index in [1.54, 1.807) is 11.6 Å². The van der Waals surface area contributed by atoms with Crippen molar-refractivity contribution in [3.8, 4) is 0 Å². The number of allylic oxidation sites excluding steroid dienone is 6. The molecule has 1 atom stereocenters. The Morgan fingerprint density at radius 2 is 1.85 bits per heavy atom. The van der Waals surface area contributed by atoms with Crippen molar-refractivity contribution in [3.63, 3.8) is 0 Å². The molecule has 4 heteroatoms. The molecule has 180 valence electrons. The van der Waals surface area contributed by atoms with E-state index in [0.29, 0.717) is 0 Å². The zero-order chi connectivity index (χ0) is 23.5. The summed E-state index contributed by atoms with van der Waals surface area (Å²) in [5.41, 5.74) is 5.66. The van der Waals surface area contributed by atoms with Crippen LogP contribution in [0.25, 0.3) is 6.08 Å². The van der Waals surface area contributed by atoms with Gasteiger partial charge in [0, 0.05) is 31.1 Å². The number of likely N-dealkylation sites (tertiary alicyclic amines) is 2. The second kappa shape index (κ2) is 10.1. The van der Waals surface area contributed by atoms with E-state index >= 15 is 0 Å². The summed E-state index contributed by atoms with van der Waals surface area (Å²) < 4.78 is 0. The average molecular weight is 459 g/mol. The molecule has 2 aliphatic carbocycles. The second-order valence-electron chi connectivity index (χ2n) is 10.6. The molecule has 2 heterocycles. The van der Waals surface area contributed by atoms with Crippen LogP contribution in [0, 0.1) is 18.3 Å². The molecule has 1 aromatic carbocycles. The minimum absolute atomic E-state index is 0.0747. The maximum absolute atomic E-state index is 12.6. The summed E-state index contributed by atoms with van der Waals surface area (Å²) in [6.45, 7) is 6.41. The van der Waals surface area contributed by atoms with Crippen molar-refractivity contribution in [1.29, 1.82) is 0 Å². The number of benzene rings is 1. The fourth-order valence-electron chi connectivity index (χ4n) is 6.20. The molecule has 34 heavy (non-hydrogen) atoms. The molecule has 2 aliphatic heterocycles. The summed E-state index contributed by atoms with van der Waals surface area (Å²) in [5.74, 6) is 0.357. The predicted octanol–water partition coefficient (Wildman–Crippen LogP) is 4.91.